The highest BCUT2D eigenvalue weighted by Gasteiger charge is 2.51. The van der Waals surface area contributed by atoms with Gasteiger partial charge in [0, 0.05) is 0 Å². The van der Waals surface area contributed by atoms with E-state index in [-0.39, 0.29) is 0 Å². The third-order valence-corrected chi connectivity index (χ3v) is 6.34. The van der Waals surface area contributed by atoms with Crippen molar-refractivity contribution in [3.05, 3.63) is 35.9 Å². The van der Waals surface area contributed by atoms with Gasteiger partial charge in [0.05, 0.1) is 5.49 Å². The molecule has 2 aliphatic rings. The number of rotatable bonds is 3. The van der Waals surface area contributed by atoms with Crippen molar-refractivity contribution >= 4 is 17.7 Å². The molecule has 0 aliphatic heterocycles. The van der Waals surface area contributed by atoms with E-state index in [1.807, 2.05) is 13.8 Å². The summed E-state index contributed by atoms with van der Waals surface area (Å²) in [5.74, 6) is 2.80. The Kier molecular flexibility index (Phi) is 9.30. The summed E-state index contributed by atoms with van der Waals surface area (Å²) in [6.07, 6.45) is 8.45. The van der Waals surface area contributed by atoms with Gasteiger partial charge in [-0.2, -0.15) is 0 Å². The van der Waals surface area contributed by atoms with Crippen LogP contribution in [0.5, 0.6) is 0 Å². The van der Waals surface area contributed by atoms with Crippen molar-refractivity contribution < 1.29 is 0 Å². The Labute approximate surface area is 168 Å². The zero-order valence-electron chi connectivity index (χ0n) is 17.9. The summed E-state index contributed by atoms with van der Waals surface area (Å²) in [7, 11) is 0. The first-order chi connectivity index (χ1) is 12.4. The van der Waals surface area contributed by atoms with Crippen LogP contribution in [0.3, 0.4) is 0 Å². The third kappa shape index (κ3) is 5.55. The van der Waals surface area contributed by atoms with Crippen LogP contribution in [0.15, 0.2) is 30.3 Å². The highest BCUT2D eigenvalue weighted by molar-refractivity contribution is 7.78. The van der Waals surface area contributed by atoms with E-state index in [0.717, 1.165) is 23.2 Å². The van der Waals surface area contributed by atoms with Crippen molar-refractivity contribution in [1.82, 2.24) is 0 Å². The lowest BCUT2D eigenvalue weighted by Crippen LogP contribution is -2.49. The Morgan fingerprint density at radius 1 is 1.12 bits per heavy atom. The van der Waals surface area contributed by atoms with Crippen molar-refractivity contribution in [3.8, 4) is 0 Å². The average molecular weight is 376 g/mol. The second-order valence-electron chi connectivity index (χ2n) is 8.93. The van der Waals surface area contributed by atoms with E-state index in [4.69, 9.17) is 0 Å². The van der Waals surface area contributed by atoms with E-state index in [9.17, 15) is 0 Å². The molecule has 0 aromatic heterocycles. The van der Waals surface area contributed by atoms with Gasteiger partial charge < -0.3 is 5.73 Å². The van der Waals surface area contributed by atoms with Gasteiger partial charge in [0.15, 0.2) is 0 Å². The molecule has 0 heterocycles. The molecule has 1 nitrogen and oxygen atoms in total. The number of hydrogen-bond acceptors (Lipinski definition) is 1. The molecule has 2 heteroatoms. The van der Waals surface area contributed by atoms with Crippen LogP contribution in [0.25, 0.3) is 0 Å². The van der Waals surface area contributed by atoms with Crippen molar-refractivity contribution in [2.45, 2.75) is 85.5 Å². The molecule has 0 spiro atoms. The molecular weight excluding hydrogens is 334 g/mol. The number of benzene rings is 1. The Hall–Kier alpha value is -0.890. The minimum Gasteiger partial charge on any atom is -0.396 e. The fourth-order valence-corrected chi connectivity index (χ4v) is 6.02. The molecule has 26 heavy (non-hydrogen) atoms. The molecule has 1 aromatic carbocycles. The maximum absolute atomic E-state index is 4.54. The summed E-state index contributed by atoms with van der Waals surface area (Å²) in [6, 6.07) is 11.4. The van der Waals surface area contributed by atoms with Gasteiger partial charge >= 0.3 is 0 Å². The van der Waals surface area contributed by atoms with Crippen LogP contribution in [-0.2, 0) is 5.41 Å². The maximum atomic E-state index is 4.54. The molecule has 2 fully saturated rings. The van der Waals surface area contributed by atoms with E-state index in [0.29, 0.717) is 10.8 Å². The van der Waals surface area contributed by atoms with Gasteiger partial charge in [-0.1, -0.05) is 96.9 Å². The third-order valence-electron chi connectivity index (χ3n) is 6.34. The Balaban J connectivity index is 0.000000615. The van der Waals surface area contributed by atoms with E-state index in [2.05, 4.69) is 76.0 Å². The Bertz CT molecular complexity index is 520. The second kappa shape index (κ2) is 10.4. The molecule has 0 saturated heterocycles. The van der Waals surface area contributed by atoms with Gasteiger partial charge in [0.25, 0.3) is 0 Å². The SMILES string of the molecule is CC.CCCC1C(C)CC2(c3ccccc3)CC1CC(C)(C)C2.NC=S. The van der Waals surface area contributed by atoms with Gasteiger partial charge in [-0.25, -0.2) is 0 Å². The number of nitrogens with two attached hydrogens (primary N) is 1. The molecule has 2 N–H and O–H groups in total. The predicted octanol–water partition coefficient (Wildman–Crippen LogP) is 7.14. The molecule has 0 amide bonds. The van der Waals surface area contributed by atoms with Gasteiger partial charge in [-0.3, -0.25) is 0 Å². The van der Waals surface area contributed by atoms with Crippen molar-refractivity contribution in [2.75, 3.05) is 0 Å². The first kappa shape index (κ1) is 23.1. The highest BCUT2D eigenvalue weighted by atomic mass is 32.1. The zero-order chi connectivity index (χ0) is 19.8. The first-order valence-electron chi connectivity index (χ1n) is 10.6. The standard InChI is InChI=1S/C21H32.C2H6.CH3NS/c1-5-9-19-16(2)12-21(18-10-7-6-8-11-18)14-17(19)13-20(3,4)15-21;1-2;2-1-3/h6-8,10-11,16-17,19H,5,9,12-15H2,1-4H3;1-2H3;1H,(H2,2,3). The Morgan fingerprint density at radius 3 is 2.23 bits per heavy atom. The van der Waals surface area contributed by atoms with Gasteiger partial charge in [0.1, 0.15) is 0 Å². The van der Waals surface area contributed by atoms with Gasteiger partial charge in [-0.05, 0) is 59.8 Å². The summed E-state index contributed by atoms with van der Waals surface area (Å²) in [4.78, 5) is 0. The predicted molar refractivity (Wildman–Crippen MR) is 121 cm³/mol. The molecule has 1 aromatic rings. The molecule has 3 rings (SSSR count). The molecule has 4 unspecified atom stereocenters. The van der Waals surface area contributed by atoms with Crippen molar-refractivity contribution in [1.29, 1.82) is 0 Å². The number of fused-ring (bicyclic) bond motifs is 2. The van der Waals surface area contributed by atoms with Crippen LogP contribution in [0.2, 0.25) is 0 Å². The topological polar surface area (TPSA) is 26.0 Å². The van der Waals surface area contributed by atoms with Crippen molar-refractivity contribution in [2.24, 2.45) is 28.9 Å². The highest BCUT2D eigenvalue weighted by Crippen LogP contribution is 2.60. The average Bonchev–Trinajstić information content (AvgIpc) is 2.60. The fourth-order valence-electron chi connectivity index (χ4n) is 6.02. The molecule has 2 aliphatic carbocycles. The van der Waals surface area contributed by atoms with Crippen molar-refractivity contribution in [3.63, 3.8) is 0 Å². The molecule has 4 atom stereocenters. The van der Waals surface area contributed by atoms with Gasteiger partial charge in [0.2, 0.25) is 0 Å². The van der Waals surface area contributed by atoms with E-state index in [1.165, 1.54) is 38.5 Å². The quantitative estimate of drug-likeness (QED) is 0.568. The smallest absolute Gasteiger partial charge is 0.0588 e. The molecule has 2 bridgehead atoms. The summed E-state index contributed by atoms with van der Waals surface area (Å²) in [5, 5.41) is 0. The van der Waals surface area contributed by atoms with E-state index < -0.39 is 0 Å². The van der Waals surface area contributed by atoms with Gasteiger partial charge in [-0.15, -0.1) is 0 Å². The largest absolute Gasteiger partial charge is 0.396 e. The zero-order valence-corrected chi connectivity index (χ0v) is 18.7. The van der Waals surface area contributed by atoms with Crippen LogP contribution >= 0.6 is 12.2 Å². The monoisotopic (exact) mass is 375 g/mol. The second-order valence-corrected chi connectivity index (χ2v) is 9.20. The van der Waals surface area contributed by atoms with E-state index >= 15 is 0 Å². The van der Waals surface area contributed by atoms with Crippen LogP contribution in [-0.4, -0.2) is 5.49 Å². The Morgan fingerprint density at radius 2 is 1.69 bits per heavy atom. The first-order valence-corrected chi connectivity index (χ1v) is 11.1. The summed E-state index contributed by atoms with van der Waals surface area (Å²) >= 11 is 4.05. The summed E-state index contributed by atoms with van der Waals surface area (Å²) in [5.41, 5.74) is 8.20. The van der Waals surface area contributed by atoms with Crippen LogP contribution in [0.1, 0.15) is 85.6 Å². The normalized spacial score (nSPS) is 31.5. The summed E-state index contributed by atoms with van der Waals surface area (Å²) < 4.78 is 0. The molecular formula is C24H41NS. The minimum atomic E-state index is 0.456. The number of thiocarbonyl (C=S) groups is 1. The lowest BCUT2D eigenvalue weighted by atomic mass is 9.48. The van der Waals surface area contributed by atoms with Crippen LogP contribution in [0, 0.1) is 23.2 Å². The molecule has 148 valence electrons. The molecule has 2 saturated carbocycles. The number of hydrogen-bond donors (Lipinski definition) is 1. The lowest BCUT2D eigenvalue weighted by molar-refractivity contribution is -0.0172. The van der Waals surface area contributed by atoms with Crippen LogP contribution in [0.4, 0.5) is 0 Å². The van der Waals surface area contributed by atoms with Crippen LogP contribution < -0.4 is 5.73 Å². The van der Waals surface area contributed by atoms with E-state index in [1.54, 1.807) is 5.56 Å². The maximum Gasteiger partial charge on any atom is 0.0588 e. The summed E-state index contributed by atoms with van der Waals surface area (Å²) in [6.45, 7) is 13.9. The lowest BCUT2D eigenvalue weighted by Gasteiger charge is -2.57. The fraction of sp³-hybridized carbons (Fsp3) is 0.708. The molecule has 0 radical (unpaired) electrons. The minimum absolute atomic E-state index is 0.456.